The van der Waals surface area contributed by atoms with E-state index in [4.69, 9.17) is 9.47 Å². The molecule has 0 radical (unpaired) electrons. The number of hydrogen-bond acceptors (Lipinski definition) is 6. The monoisotopic (exact) mass is 369 g/mol. The summed E-state index contributed by atoms with van der Waals surface area (Å²) >= 11 is 0. The zero-order valence-corrected chi connectivity index (χ0v) is 14.7. The first-order valence-corrected chi connectivity index (χ1v) is 8.52. The summed E-state index contributed by atoms with van der Waals surface area (Å²) in [5.74, 6) is -0.511. The number of hydrogen-bond donors (Lipinski definition) is 1. The Balaban J connectivity index is 1.62. The molecule has 0 fully saturated rings. The SMILES string of the molecule is CCC(=O)OC[C@@H]1C=C[C@H](n2ccc(NC(=O)c3ccccc3)nc2=O)O1. The zero-order valence-electron chi connectivity index (χ0n) is 14.7. The van der Waals surface area contributed by atoms with E-state index in [0.29, 0.717) is 12.0 Å². The first-order valence-electron chi connectivity index (χ1n) is 8.52. The van der Waals surface area contributed by atoms with Gasteiger partial charge in [0.25, 0.3) is 5.91 Å². The Hall–Kier alpha value is -3.26. The highest BCUT2D eigenvalue weighted by atomic mass is 16.6. The number of benzene rings is 1. The fourth-order valence-corrected chi connectivity index (χ4v) is 2.47. The molecular formula is C19H19N3O5. The molecule has 3 rings (SSSR count). The maximum absolute atomic E-state index is 12.3. The van der Waals surface area contributed by atoms with E-state index in [1.54, 1.807) is 43.3 Å². The number of nitrogens with zero attached hydrogens (tertiary/aromatic N) is 2. The normalized spacial score (nSPS) is 18.3. The Morgan fingerprint density at radius 2 is 2.00 bits per heavy atom. The quantitative estimate of drug-likeness (QED) is 0.617. The molecular weight excluding hydrogens is 350 g/mol. The number of carbonyl (C=O) groups is 2. The fraction of sp³-hybridized carbons (Fsp3) is 0.263. The first-order chi connectivity index (χ1) is 13.1. The third-order valence-electron chi connectivity index (χ3n) is 3.88. The van der Waals surface area contributed by atoms with Crippen molar-refractivity contribution in [1.82, 2.24) is 9.55 Å². The summed E-state index contributed by atoms with van der Waals surface area (Å²) in [6.45, 7) is 1.80. The summed E-state index contributed by atoms with van der Waals surface area (Å²) in [5.41, 5.74) is -0.100. The molecule has 2 aromatic rings. The Bertz CT molecular complexity index is 907. The van der Waals surface area contributed by atoms with Crippen molar-refractivity contribution in [2.75, 3.05) is 11.9 Å². The maximum Gasteiger partial charge on any atom is 0.351 e. The third kappa shape index (κ3) is 4.68. The minimum absolute atomic E-state index is 0.0903. The third-order valence-corrected chi connectivity index (χ3v) is 3.88. The molecule has 0 spiro atoms. The predicted molar refractivity (Wildman–Crippen MR) is 97.2 cm³/mol. The van der Waals surface area contributed by atoms with E-state index in [0.717, 1.165) is 0 Å². The van der Waals surface area contributed by atoms with Gasteiger partial charge in [0.15, 0.2) is 6.23 Å². The van der Waals surface area contributed by atoms with Gasteiger partial charge in [-0.2, -0.15) is 4.98 Å². The summed E-state index contributed by atoms with van der Waals surface area (Å²) in [6, 6.07) is 10.2. The molecule has 1 amide bonds. The number of anilines is 1. The van der Waals surface area contributed by atoms with Crippen LogP contribution in [0.5, 0.6) is 0 Å². The number of carbonyl (C=O) groups excluding carboxylic acids is 2. The van der Waals surface area contributed by atoms with Crippen LogP contribution in [0.15, 0.2) is 59.5 Å². The Morgan fingerprint density at radius 3 is 2.70 bits per heavy atom. The molecule has 0 aliphatic carbocycles. The number of esters is 1. The van der Waals surface area contributed by atoms with Crippen molar-refractivity contribution in [1.29, 1.82) is 0 Å². The van der Waals surface area contributed by atoms with Gasteiger partial charge in [0.05, 0.1) is 0 Å². The molecule has 0 saturated carbocycles. The van der Waals surface area contributed by atoms with E-state index < -0.39 is 18.0 Å². The molecule has 1 aliphatic heterocycles. The molecule has 0 unspecified atom stereocenters. The second-order valence-electron chi connectivity index (χ2n) is 5.81. The zero-order chi connectivity index (χ0) is 19.2. The van der Waals surface area contributed by atoms with Gasteiger partial charge in [-0.15, -0.1) is 0 Å². The average Bonchev–Trinajstić information content (AvgIpc) is 3.15. The minimum atomic E-state index is -0.644. The lowest BCUT2D eigenvalue weighted by Crippen LogP contribution is -2.29. The number of aromatic nitrogens is 2. The molecule has 8 heteroatoms. The molecule has 2 heterocycles. The van der Waals surface area contributed by atoms with Gasteiger partial charge in [0.2, 0.25) is 0 Å². The smallest absolute Gasteiger partial charge is 0.351 e. The second kappa shape index (κ2) is 8.41. The van der Waals surface area contributed by atoms with Crippen LogP contribution in [-0.2, 0) is 14.3 Å². The van der Waals surface area contributed by atoms with Gasteiger partial charge in [-0.05, 0) is 24.3 Å². The summed E-state index contributed by atoms with van der Waals surface area (Å²) in [4.78, 5) is 39.5. The summed E-state index contributed by atoms with van der Waals surface area (Å²) in [6.07, 6.45) is 4.13. The molecule has 0 bridgehead atoms. The molecule has 8 nitrogen and oxygen atoms in total. The number of rotatable bonds is 6. The highest BCUT2D eigenvalue weighted by Crippen LogP contribution is 2.20. The van der Waals surface area contributed by atoms with E-state index >= 15 is 0 Å². The topological polar surface area (TPSA) is 99.5 Å². The molecule has 1 aromatic carbocycles. The number of ether oxygens (including phenoxy) is 2. The molecule has 2 atom stereocenters. The number of amides is 1. The Morgan fingerprint density at radius 1 is 1.22 bits per heavy atom. The van der Waals surface area contributed by atoms with Crippen molar-refractivity contribution >= 4 is 17.7 Å². The molecule has 140 valence electrons. The highest BCUT2D eigenvalue weighted by molar-refractivity contribution is 6.03. The van der Waals surface area contributed by atoms with E-state index in [1.165, 1.54) is 16.8 Å². The van der Waals surface area contributed by atoms with Crippen molar-refractivity contribution < 1.29 is 19.1 Å². The lowest BCUT2D eigenvalue weighted by atomic mass is 10.2. The van der Waals surface area contributed by atoms with Crippen LogP contribution in [-0.4, -0.2) is 34.1 Å². The van der Waals surface area contributed by atoms with Crippen LogP contribution in [0.3, 0.4) is 0 Å². The van der Waals surface area contributed by atoms with Crippen molar-refractivity contribution in [3.05, 3.63) is 70.8 Å². The van der Waals surface area contributed by atoms with Crippen LogP contribution in [0.25, 0.3) is 0 Å². The summed E-state index contributed by atoms with van der Waals surface area (Å²) in [5, 5.41) is 2.59. The van der Waals surface area contributed by atoms with Crippen molar-refractivity contribution in [2.45, 2.75) is 25.7 Å². The van der Waals surface area contributed by atoms with Gasteiger partial charge in [-0.1, -0.05) is 31.2 Å². The van der Waals surface area contributed by atoms with Crippen LogP contribution < -0.4 is 11.0 Å². The van der Waals surface area contributed by atoms with Crippen LogP contribution in [0.1, 0.15) is 29.9 Å². The van der Waals surface area contributed by atoms with Crippen LogP contribution >= 0.6 is 0 Å². The Labute approximate surface area is 155 Å². The number of nitrogens with one attached hydrogen (secondary N) is 1. The second-order valence-corrected chi connectivity index (χ2v) is 5.81. The maximum atomic E-state index is 12.3. The lowest BCUT2D eigenvalue weighted by Gasteiger charge is -2.16. The van der Waals surface area contributed by atoms with Gasteiger partial charge < -0.3 is 14.8 Å². The van der Waals surface area contributed by atoms with Crippen LogP contribution in [0.2, 0.25) is 0 Å². The summed E-state index contributed by atoms with van der Waals surface area (Å²) in [7, 11) is 0. The molecule has 1 N–H and O–H groups in total. The van der Waals surface area contributed by atoms with Gasteiger partial charge in [-0.25, -0.2) is 4.79 Å². The average molecular weight is 369 g/mol. The van der Waals surface area contributed by atoms with Crippen molar-refractivity contribution in [3.63, 3.8) is 0 Å². The van der Waals surface area contributed by atoms with Crippen molar-refractivity contribution in [2.24, 2.45) is 0 Å². The van der Waals surface area contributed by atoms with Gasteiger partial charge in [0.1, 0.15) is 18.5 Å². The van der Waals surface area contributed by atoms with E-state index in [2.05, 4.69) is 10.3 Å². The van der Waals surface area contributed by atoms with E-state index in [9.17, 15) is 14.4 Å². The largest absolute Gasteiger partial charge is 0.463 e. The first kappa shape index (κ1) is 18.5. The van der Waals surface area contributed by atoms with Gasteiger partial charge in [0, 0.05) is 18.2 Å². The Kier molecular flexibility index (Phi) is 5.77. The van der Waals surface area contributed by atoms with E-state index in [-0.39, 0.29) is 24.3 Å². The lowest BCUT2D eigenvalue weighted by molar-refractivity contribution is -0.147. The molecule has 27 heavy (non-hydrogen) atoms. The molecule has 1 aromatic heterocycles. The molecule has 1 aliphatic rings. The van der Waals surface area contributed by atoms with E-state index in [1.807, 2.05) is 6.07 Å². The predicted octanol–water partition coefficient (Wildman–Crippen LogP) is 1.90. The fourth-order valence-electron chi connectivity index (χ4n) is 2.47. The summed E-state index contributed by atoms with van der Waals surface area (Å²) < 4.78 is 12.0. The van der Waals surface area contributed by atoms with Crippen molar-refractivity contribution in [3.8, 4) is 0 Å². The minimum Gasteiger partial charge on any atom is -0.463 e. The molecule has 0 saturated heterocycles. The van der Waals surface area contributed by atoms with Gasteiger partial charge in [-0.3, -0.25) is 14.2 Å². The van der Waals surface area contributed by atoms with Crippen LogP contribution in [0, 0.1) is 0 Å². The van der Waals surface area contributed by atoms with Crippen LogP contribution in [0.4, 0.5) is 5.82 Å². The van der Waals surface area contributed by atoms with Gasteiger partial charge >= 0.3 is 11.7 Å². The standard InChI is InChI=1S/C19H19N3O5/c1-2-17(23)26-12-14-8-9-16(27-14)22-11-10-15(21-19(22)25)20-18(24)13-6-4-3-5-7-13/h3-11,14,16H,2,12H2,1H3,(H,20,21,24,25)/t14-,16+/m0/s1. The highest BCUT2D eigenvalue weighted by Gasteiger charge is 2.23.